The van der Waals surface area contributed by atoms with Crippen LogP contribution >= 0.6 is 11.3 Å². The Morgan fingerprint density at radius 1 is 1.44 bits per heavy atom. The Balaban J connectivity index is 2.52. The van der Waals surface area contributed by atoms with E-state index in [-0.39, 0.29) is 12.0 Å². The van der Waals surface area contributed by atoms with E-state index in [2.05, 4.69) is 15.3 Å². The third kappa shape index (κ3) is 1.81. The Morgan fingerprint density at radius 2 is 2.12 bits per heavy atom. The van der Waals surface area contributed by atoms with Gasteiger partial charge in [-0.2, -0.15) is 9.61 Å². The fourth-order valence-corrected chi connectivity index (χ4v) is 2.17. The average Bonchev–Trinajstić information content (AvgIpc) is 2.72. The van der Waals surface area contributed by atoms with E-state index in [0.29, 0.717) is 9.97 Å². The van der Waals surface area contributed by atoms with Gasteiger partial charge in [0.05, 0.1) is 0 Å². The topological polar surface area (TPSA) is 89.3 Å². The van der Waals surface area contributed by atoms with Gasteiger partial charge < -0.3 is 10.8 Å². The summed E-state index contributed by atoms with van der Waals surface area (Å²) in [6.45, 7) is 6.29. The van der Waals surface area contributed by atoms with Crippen molar-refractivity contribution >= 4 is 16.3 Å². The fraction of sp³-hybridized carbons (Fsp3) is 0.667. The van der Waals surface area contributed by atoms with Crippen molar-refractivity contribution in [2.75, 3.05) is 6.54 Å². The van der Waals surface area contributed by atoms with Crippen LogP contribution in [0.2, 0.25) is 0 Å². The predicted molar refractivity (Wildman–Crippen MR) is 61.4 cm³/mol. The molecule has 1 unspecified atom stereocenters. The normalized spacial score (nSPS) is 14.6. The van der Waals surface area contributed by atoms with Crippen molar-refractivity contribution in [3.05, 3.63) is 10.8 Å². The Labute approximate surface area is 97.1 Å². The number of aromatic nitrogens is 4. The molecule has 7 heteroatoms. The summed E-state index contributed by atoms with van der Waals surface area (Å²) in [5, 5.41) is 22.6. The first-order valence-corrected chi connectivity index (χ1v) is 5.86. The first kappa shape index (κ1) is 11.4. The molecule has 0 saturated carbocycles. The smallest absolute Gasteiger partial charge is 0.234 e. The maximum absolute atomic E-state index is 9.60. The quantitative estimate of drug-likeness (QED) is 0.798. The molecule has 16 heavy (non-hydrogen) atoms. The molecular weight excluding hydrogens is 226 g/mol. The molecule has 0 fully saturated rings. The minimum Gasteiger partial charge on any atom is -0.385 e. The second kappa shape index (κ2) is 3.76. The Hall–Kier alpha value is -1.05. The first-order valence-electron chi connectivity index (χ1n) is 5.04. The molecule has 0 aliphatic carbocycles. The number of rotatable bonds is 2. The third-order valence-electron chi connectivity index (χ3n) is 2.19. The molecule has 0 aliphatic rings. The van der Waals surface area contributed by atoms with E-state index < -0.39 is 6.10 Å². The van der Waals surface area contributed by atoms with Crippen molar-refractivity contribution in [2.45, 2.75) is 32.3 Å². The zero-order valence-corrected chi connectivity index (χ0v) is 10.3. The van der Waals surface area contributed by atoms with Crippen LogP contribution in [0.15, 0.2) is 0 Å². The van der Waals surface area contributed by atoms with Crippen LogP contribution in [0.4, 0.5) is 0 Å². The van der Waals surface area contributed by atoms with Crippen molar-refractivity contribution in [1.82, 2.24) is 19.8 Å². The largest absolute Gasteiger partial charge is 0.385 e. The molecule has 2 rings (SSSR count). The molecule has 0 spiro atoms. The lowest BCUT2D eigenvalue weighted by molar-refractivity contribution is 0.185. The molecule has 88 valence electrons. The van der Waals surface area contributed by atoms with Gasteiger partial charge in [0, 0.05) is 12.0 Å². The number of nitrogens with two attached hydrogens (primary N) is 1. The van der Waals surface area contributed by atoms with E-state index >= 15 is 0 Å². The van der Waals surface area contributed by atoms with Gasteiger partial charge in [0.1, 0.15) is 11.1 Å². The molecule has 2 aromatic heterocycles. The Morgan fingerprint density at radius 3 is 2.69 bits per heavy atom. The molecule has 0 aromatic carbocycles. The van der Waals surface area contributed by atoms with Crippen molar-refractivity contribution in [3.63, 3.8) is 0 Å². The second-order valence-electron chi connectivity index (χ2n) is 4.66. The molecular formula is C9H15N5OS. The van der Waals surface area contributed by atoms with Gasteiger partial charge in [0.25, 0.3) is 0 Å². The zero-order valence-electron chi connectivity index (χ0n) is 9.51. The van der Waals surface area contributed by atoms with Crippen LogP contribution in [0.25, 0.3) is 4.96 Å². The number of fused-ring (bicyclic) bond motifs is 1. The lowest BCUT2D eigenvalue weighted by atomic mass is 9.96. The van der Waals surface area contributed by atoms with E-state index in [1.165, 1.54) is 11.3 Å². The zero-order chi connectivity index (χ0) is 11.9. The summed E-state index contributed by atoms with van der Waals surface area (Å²) in [6.07, 6.45) is -0.723. The van der Waals surface area contributed by atoms with E-state index in [4.69, 9.17) is 5.73 Å². The fourth-order valence-electron chi connectivity index (χ4n) is 1.33. The van der Waals surface area contributed by atoms with E-state index in [1.807, 2.05) is 20.8 Å². The van der Waals surface area contributed by atoms with Gasteiger partial charge in [-0.05, 0) is 0 Å². The minimum atomic E-state index is -0.723. The van der Waals surface area contributed by atoms with Crippen molar-refractivity contribution in [3.8, 4) is 0 Å². The van der Waals surface area contributed by atoms with Crippen LogP contribution in [0, 0.1) is 0 Å². The van der Waals surface area contributed by atoms with Crippen LogP contribution < -0.4 is 5.73 Å². The first-order chi connectivity index (χ1) is 7.43. The lowest BCUT2D eigenvalue weighted by Gasteiger charge is -2.13. The predicted octanol–water partition coefficient (Wildman–Crippen LogP) is 0.475. The number of aliphatic hydroxyl groups is 1. The molecule has 1 atom stereocenters. The summed E-state index contributed by atoms with van der Waals surface area (Å²) in [5.74, 6) is 0.786. The lowest BCUT2D eigenvalue weighted by Crippen LogP contribution is -2.17. The van der Waals surface area contributed by atoms with Gasteiger partial charge in [0.15, 0.2) is 5.82 Å². The number of hydrogen-bond donors (Lipinski definition) is 2. The molecule has 0 radical (unpaired) electrons. The van der Waals surface area contributed by atoms with Gasteiger partial charge in [-0.1, -0.05) is 32.1 Å². The second-order valence-corrected chi connectivity index (χ2v) is 5.65. The summed E-state index contributed by atoms with van der Waals surface area (Å²) in [6, 6.07) is 0. The Kier molecular flexibility index (Phi) is 2.69. The average molecular weight is 241 g/mol. The standard InChI is InChI=1S/C9H15N5OS/c1-9(2,3)7-11-12-8-14(7)13-6(16-8)5(15)4-10/h5,15H,4,10H2,1-3H3. The molecule has 0 bridgehead atoms. The van der Waals surface area contributed by atoms with E-state index in [1.54, 1.807) is 4.52 Å². The molecule has 0 amide bonds. The molecule has 6 nitrogen and oxygen atoms in total. The van der Waals surface area contributed by atoms with Crippen LogP contribution in [0.1, 0.15) is 37.7 Å². The van der Waals surface area contributed by atoms with Gasteiger partial charge in [-0.25, -0.2) is 0 Å². The van der Waals surface area contributed by atoms with Crippen LogP contribution in [0.3, 0.4) is 0 Å². The highest BCUT2D eigenvalue weighted by atomic mass is 32.1. The van der Waals surface area contributed by atoms with E-state index in [0.717, 1.165) is 5.82 Å². The summed E-state index contributed by atoms with van der Waals surface area (Å²) in [7, 11) is 0. The maximum atomic E-state index is 9.60. The molecule has 2 aromatic rings. The highest BCUT2D eigenvalue weighted by Gasteiger charge is 2.24. The minimum absolute atomic E-state index is 0.127. The van der Waals surface area contributed by atoms with Gasteiger partial charge >= 0.3 is 0 Å². The summed E-state index contributed by atoms with van der Waals surface area (Å²) in [5.41, 5.74) is 5.26. The van der Waals surface area contributed by atoms with Crippen LogP contribution in [-0.4, -0.2) is 31.5 Å². The monoisotopic (exact) mass is 241 g/mol. The highest BCUT2D eigenvalue weighted by molar-refractivity contribution is 7.16. The van der Waals surface area contributed by atoms with E-state index in [9.17, 15) is 5.11 Å². The van der Waals surface area contributed by atoms with Crippen molar-refractivity contribution in [1.29, 1.82) is 0 Å². The molecule has 0 saturated heterocycles. The SMILES string of the molecule is CC(C)(C)c1nnc2sc(C(O)CN)nn12. The van der Waals surface area contributed by atoms with Crippen molar-refractivity contribution < 1.29 is 5.11 Å². The van der Waals surface area contributed by atoms with Gasteiger partial charge in [-0.15, -0.1) is 10.2 Å². The third-order valence-corrected chi connectivity index (χ3v) is 3.19. The molecule has 2 heterocycles. The van der Waals surface area contributed by atoms with Crippen LogP contribution in [-0.2, 0) is 5.41 Å². The molecule has 0 aliphatic heterocycles. The number of nitrogens with zero attached hydrogens (tertiary/aromatic N) is 4. The summed E-state index contributed by atoms with van der Waals surface area (Å²) in [4.78, 5) is 0.687. The Bertz CT molecular complexity index is 497. The number of aliphatic hydroxyl groups excluding tert-OH is 1. The van der Waals surface area contributed by atoms with Gasteiger partial charge in [-0.3, -0.25) is 0 Å². The summed E-state index contributed by atoms with van der Waals surface area (Å²) >= 11 is 1.32. The summed E-state index contributed by atoms with van der Waals surface area (Å²) < 4.78 is 1.68. The van der Waals surface area contributed by atoms with Crippen LogP contribution in [0.5, 0.6) is 0 Å². The highest BCUT2D eigenvalue weighted by Crippen LogP contribution is 2.25. The molecule has 3 N–H and O–H groups in total. The van der Waals surface area contributed by atoms with Gasteiger partial charge in [0.2, 0.25) is 4.96 Å². The van der Waals surface area contributed by atoms with Crippen molar-refractivity contribution in [2.24, 2.45) is 5.73 Å². The maximum Gasteiger partial charge on any atom is 0.234 e. The number of hydrogen-bond acceptors (Lipinski definition) is 6.